The van der Waals surface area contributed by atoms with Crippen LogP contribution >= 0.6 is 11.3 Å². The number of rotatable bonds is 5. The van der Waals surface area contributed by atoms with Gasteiger partial charge in [-0.15, -0.1) is 11.3 Å². The molecule has 0 fully saturated rings. The normalized spacial score (nSPS) is 18.4. The second-order valence-electron chi connectivity index (χ2n) is 5.14. The molecule has 3 nitrogen and oxygen atoms in total. The van der Waals surface area contributed by atoms with E-state index in [0.29, 0.717) is 6.42 Å². The lowest BCUT2D eigenvalue weighted by atomic mass is 9.96. The van der Waals surface area contributed by atoms with Gasteiger partial charge in [-0.2, -0.15) is 0 Å². The molecule has 1 aliphatic rings. The van der Waals surface area contributed by atoms with Crippen molar-refractivity contribution in [2.24, 2.45) is 0 Å². The Bertz CT molecular complexity index is 437. The zero-order valence-corrected chi connectivity index (χ0v) is 12.7. The average Bonchev–Trinajstić information content (AvgIpc) is 2.71. The Hall–Kier alpha value is -0.870. The Morgan fingerprint density at radius 3 is 3.00 bits per heavy atom. The van der Waals surface area contributed by atoms with Crippen LogP contribution in [0.3, 0.4) is 0 Å². The molecule has 0 N–H and O–H groups in total. The fraction of sp³-hybridized carbons (Fsp3) is 0.667. The van der Waals surface area contributed by atoms with Crippen LogP contribution in [0.5, 0.6) is 0 Å². The zero-order valence-electron chi connectivity index (χ0n) is 11.9. The molecule has 106 valence electrons. The molecule has 0 saturated carbocycles. The molecule has 1 aliphatic carbocycles. The van der Waals surface area contributed by atoms with Crippen LogP contribution in [0, 0.1) is 0 Å². The van der Waals surface area contributed by atoms with Crippen molar-refractivity contribution >= 4 is 17.3 Å². The van der Waals surface area contributed by atoms with E-state index in [1.165, 1.54) is 16.9 Å². The van der Waals surface area contributed by atoms with Gasteiger partial charge in [-0.25, -0.2) is 0 Å². The van der Waals surface area contributed by atoms with Crippen LogP contribution in [0.2, 0.25) is 0 Å². The van der Waals surface area contributed by atoms with E-state index in [1.807, 2.05) is 20.8 Å². The summed E-state index contributed by atoms with van der Waals surface area (Å²) in [6, 6.07) is 2.14. The molecule has 1 atom stereocenters. The van der Waals surface area contributed by atoms with Gasteiger partial charge in [-0.3, -0.25) is 4.79 Å². The summed E-state index contributed by atoms with van der Waals surface area (Å²) >= 11 is 1.74. The van der Waals surface area contributed by atoms with E-state index in [1.54, 1.807) is 11.3 Å². The van der Waals surface area contributed by atoms with E-state index in [9.17, 15) is 4.79 Å². The van der Waals surface area contributed by atoms with Gasteiger partial charge in [0.25, 0.3) is 0 Å². The van der Waals surface area contributed by atoms with Crippen molar-refractivity contribution < 1.29 is 14.3 Å². The Labute approximate surface area is 118 Å². The van der Waals surface area contributed by atoms with Gasteiger partial charge >= 0.3 is 5.97 Å². The van der Waals surface area contributed by atoms with Crippen LogP contribution in [0.1, 0.15) is 55.0 Å². The molecule has 0 aromatic carbocycles. The van der Waals surface area contributed by atoms with Crippen LogP contribution in [-0.2, 0) is 27.1 Å². The molecule has 0 radical (unpaired) electrons. The Morgan fingerprint density at radius 2 is 2.32 bits per heavy atom. The second kappa shape index (κ2) is 6.53. The van der Waals surface area contributed by atoms with Gasteiger partial charge < -0.3 is 9.47 Å². The third kappa shape index (κ3) is 3.80. The number of aryl methyl sites for hydroxylation is 1. The molecular formula is C15H22O3S. The van der Waals surface area contributed by atoms with Gasteiger partial charge in [0.15, 0.2) is 0 Å². The first-order valence-corrected chi connectivity index (χ1v) is 7.84. The number of carbonyl (C=O) groups is 1. The van der Waals surface area contributed by atoms with Crippen molar-refractivity contribution in [3.05, 3.63) is 21.4 Å². The van der Waals surface area contributed by atoms with Crippen molar-refractivity contribution in [2.75, 3.05) is 6.61 Å². The minimum Gasteiger partial charge on any atom is -0.463 e. The summed E-state index contributed by atoms with van der Waals surface area (Å²) in [5, 5.41) is 0. The summed E-state index contributed by atoms with van der Waals surface area (Å²) in [6.07, 6.45) is 3.94. The van der Waals surface area contributed by atoms with Gasteiger partial charge in [0.1, 0.15) is 0 Å². The predicted molar refractivity (Wildman–Crippen MR) is 76.6 cm³/mol. The molecule has 1 aromatic heterocycles. The SMILES string of the molecule is CCOC1CCCc2sc(CC(=O)OC(C)C)cc21. The number of ether oxygens (including phenoxy) is 2. The van der Waals surface area contributed by atoms with Crippen LogP contribution in [0.4, 0.5) is 0 Å². The highest BCUT2D eigenvalue weighted by Gasteiger charge is 2.24. The maximum Gasteiger partial charge on any atom is 0.311 e. The highest BCUT2D eigenvalue weighted by molar-refractivity contribution is 7.12. The van der Waals surface area contributed by atoms with Crippen LogP contribution in [-0.4, -0.2) is 18.7 Å². The van der Waals surface area contributed by atoms with Crippen molar-refractivity contribution in [2.45, 2.75) is 58.7 Å². The third-order valence-electron chi connectivity index (χ3n) is 3.16. The van der Waals surface area contributed by atoms with Crippen molar-refractivity contribution in [3.8, 4) is 0 Å². The largest absolute Gasteiger partial charge is 0.463 e. The molecule has 4 heteroatoms. The standard InChI is InChI=1S/C15H22O3S/c1-4-17-13-6-5-7-14-12(13)8-11(19-14)9-15(16)18-10(2)3/h8,10,13H,4-7,9H2,1-3H3. The third-order valence-corrected chi connectivity index (χ3v) is 4.37. The van der Waals surface area contributed by atoms with Crippen molar-refractivity contribution in [1.82, 2.24) is 0 Å². The minimum atomic E-state index is -0.137. The first-order chi connectivity index (χ1) is 9.10. The van der Waals surface area contributed by atoms with E-state index in [4.69, 9.17) is 9.47 Å². The number of esters is 1. The van der Waals surface area contributed by atoms with Gasteiger partial charge in [0.2, 0.25) is 0 Å². The fourth-order valence-corrected chi connectivity index (χ4v) is 3.73. The average molecular weight is 282 g/mol. The Kier molecular flexibility index (Phi) is 4.99. The lowest BCUT2D eigenvalue weighted by molar-refractivity contribution is -0.146. The Balaban J connectivity index is 2.06. The van der Waals surface area contributed by atoms with E-state index in [-0.39, 0.29) is 18.2 Å². The first-order valence-electron chi connectivity index (χ1n) is 7.02. The number of fused-ring (bicyclic) bond motifs is 1. The lowest BCUT2D eigenvalue weighted by Crippen LogP contribution is -2.13. The molecule has 0 bridgehead atoms. The van der Waals surface area contributed by atoms with Crippen molar-refractivity contribution in [3.63, 3.8) is 0 Å². The molecule has 0 aliphatic heterocycles. The quantitative estimate of drug-likeness (QED) is 0.773. The maximum absolute atomic E-state index is 11.7. The van der Waals surface area contributed by atoms with Gasteiger partial charge in [-0.1, -0.05) is 0 Å². The monoisotopic (exact) mass is 282 g/mol. The number of thiophene rings is 1. The molecule has 0 spiro atoms. The second-order valence-corrected chi connectivity index (χ2v) is 6.36. The summed E-state index contributed by atoms with van der Waals surface area (Å²) in [6.45, 7) is 6.52. The number of hydrogen-bond acceptors (Lipinski definition) is 4. The summed E-state index contributed by atoms with van der Waals surface area (Å²) in [5.41, 5.74) is 1.30. The topological polar surface area (TPSA) is 35.5 Å². The van der Waals surface area contributed by atoms with Crippen LogP contribution in [0.15, 0.2) is 6.07 Å². The molecule has 1 unspecified atom stereocenters. The predicted octanol–water partition coefficient (Wildman–Crippen LogP) is 3.66. The summed E-state index contributed by atoms with van der Waals surface area (Å²) in [4.78, 5) is 14.2. The fourth-order valence-electron chi connectivity index (χ4n) is 2.48. The number of hydrogen-bond donors (Lipinski definition) is 0. The molecule has 1 heterocycles. The molecule has 0 amide bonds. The summed E-state index contributed by atoms with van der Waals surface area (Å²) in [7, 11) is 0. The molecular weight excluding hydrogens is 260 g/mol. The number of carbonyl (C=O) groups excluding carboxylic acids is 1. The highest BCUT2D eigenvalue weighted by Crippen LogP contribution is 2.38. The van der Waals surface area contributed by atoms with E-state index >= 15 is 0 Å². The minimum absolute atomic E-state index is 0.0433. The van der Waals surface area contributed by atoms with E-state index in [2.05, 4.69) is 6.07 Å². The maximum atomic E-state index is 11.7. The first kappa shape index (κ1) is 14.5. The van der Waals surface area contributed by atoms with Gasteiger partial charge in [-0.05, 0) is 51.7 Å². The van der Waals surface area contributed by atoms with E-state index < -0.39 is 0 Å². The molecule has 19 heavy (non-hydrogen) atoms. The summed E-state index contributed by atoms with van der Waals surface area (Å²) < 4.78 is 11.0. The van der Waals surface area contributed by atoms with Gasteiger partial charge in [0, 0.05) is 16.4 Å². The highest BCUT2D eigenvalue weighted by atomic mass is 32.1. The van der Waals surface area contributed by atoms with E-state index in [0.717, 1.165) is 24.3 Å². The lowest BCUT2D eigenvalue weighted by Gasteiger charge is -2.22. The zero-order chi connectivity index (χ0) is 13.8. The van der Waals surface area contributed by atoms with Gasteiger partial charge in [0.05, 0.1) is 18.6 Å². The smallest absolute Gasteiger partial charge is 0.311 e. The Morgan fingerprint density at radius 1 is 1.53 bits per heavy atom. The van der Waals surface area contributed by atoms with Crippen LogP contribution in [0.25, 0.3) is 0 Å². The molecule has 2 rings (SSSR count). The molecule has 0 saturated heterocycles. The van der Waals surface area contributed by atoms with Crippen LogP contribution < -0.4 is 0 Å². The van der Waals surface area contributed by atoms with Crippen molar-refractivity contribution in [1.29, 1.82) is 0 Å². The molecule has 1 aromatic rings. The summed E-state index contributed by atoms with van der Waals surface area (Å²) in [5.74, 6) is -0.137.